The first-order valence-electron chi connectivity index (χ1n) is 5.73. The van der Waals surface area contributed by atoms with Gasteiger partial charge in [-0.25, -0.2) is 0 Å². The van der Waals surface area contributed by atoms with E-state index in [2.05, 4.69) is 0 Å². The molecule has 16 heavy (non-hydrogen) atoms. The van der Waals surface area contributed by atoms with E-state index in [1.807, 2.05) is 31.2 Å². The first-order chi connectivity index (χ1) is 7.58. The Labute approximate surface area is 97.2 Å². The van der Waals surface area contributed by atoms with Gasteiger partial charge < -0.3 is 15.6 Å². The van der Waals surface area contributed by atoms with Crippen LogP contribution in [-0.4, -0.2) is 23.9 Å². The molecule has 1 aromatic carbocycles. The Balaban J connectivity index is 2.41. The quantitative estimate of drug-likeness (QED) is 0.772. The predicted octanol–water partition coefficient (Wildman–Crippen LogP) is 1.73. The van der Waals surface area contributed by atoms with Crippen molar-refractivity contribution >= 4 is 0 Å². The molecule has 1 aromatic rings. The van der Waals surface area contributed by atoms with Gasteiger partial charge in [0.1, 0.15) is 12.4 Å². The third-order valence-electron chi connectivity index (χ3n) is 2.30. The van der Waals surface area contributed by atoms with Crippen LogP contribution in [0.3, 0.4) is 0 Å². The molecule has 0 aliphatic rings. The lowest BCUT2D eigenvalue weighted by Gasteiger charge is -2.09. The summed E-state index contributed by atoms with van der Waals surface area (Å²) < 4.78 is 5.37. The Morgan fingerprint density at radius 1 is 1.25 bits per heavy atom. The molecule has 0 aliphatic heterocycles. The first-order valence-corrected chi connectivity index (χ1v) is 5.73. The second-order valence-corrected chi connectivity index (χ2v) is 4.32. The highest BCUT2D eigenvalue weighted by Gasteiger charge is 2.00. The molecular formula is C13H21NO2. The fourth-order valence-electron chi connectivity index (χ4n) is 1.36. The maximum Gasteiger partial charge on any atom is 0.119 e. The van der Waals surface area contributed by atoms with E-state index >= 15 is 0 Å². The van der Waals surface area contributed by atoms with E-state index < -0.39 is 6.10 Å². The smallest absolute Gasteiger partial charge is 0.119 e. The van der Waals surface area contributed by atoms with Crippen molar-refractivity contribution in [1.29, 1.82) is 0 Å². The second kappa shape index (κ2) is 6.51. The van der Waals surface area contributed by atoms with E-state index in [-0.39, 0.29) is 6.04 Å². The SMILES string of the molecule is CC(N)CCc1ccc(OCC(C)O)cc1. The van der Waals surface area contributed by atoms with Crippen molar-refractivity contribution in [3.63, 3.8) is 0 Å². The minimum atomic E-state index is -0.433. The zero-order valence-corrected chi connectivity index (χ0v) is 10.0. The molecule has 0 saturated heterocycles. The summed E-state index contributed by atoms with van der Waals surface area (Å²) in [6.45, 7) is 4.05. The summed E-state index contributed by atoms with van der Waals surface area (Å²) >= 11 is 0. The molecule has 90 valence electrons. The summed E-state index contributed by atoms with van der Waals surface area (Å²) in [5.41, 5.74) is 6.96. The van der Waals surface area contributed by atoms with E-state index in [0.717, 1.165) is 18.6 Å². The number of aliphatic hydroxyl groups is 1. The molecule has 3 nitrogen and oxygen atoms in total. The molecule has 1 rings (SSSR count). The van der Waals surface area contributed by atoms with Gasteiger partial charge in [0.15, 0.2) is 0 Å². The molecule has 0 spiro atoms. The Hall–Kier alpha value is -1.06. The van der Waals surface area contributed by atoms with Crippen LogP contribution in [-0.2, 0) is 6.42 Å². The number of aryl methyl sites for hydroxylation is 1. The van der Waals surface area contributed by atoms with Crippen molar-refractivity contribution in [3.8, 4) is 5.75 Å². The summed E-state index contributed by atoms with van der Waals surface area (Å²) in [6, 6.07) is 8.18. The standard InChI is InChI=1S/C13H21NO2/c1-10(14)3-4-12-5-7-13(8-6-12)16-9-11(2)15/h5-8,10-11,15H,3-4,9,14H2,1-2H3. The van der Waals surface area contributed by atoms with Crippen molar-refractivity contribution in [2.45, 2.75) is 38.8 Å². The minimum Gasteiger partial charge on any atom is -0.491 e. The van der Waals surface area contributed by atoms with Crippen molar-refractivity contribution < 1.29 is 9.84 Å². The monoisotopic (exact) mass is 223 g/mol. The van der Waals surface area contributed by atoms with E-state index in [9.17, 15) is 0 Å². The van der Waals surface area contributed by atoms with Crippen LogP contribution in [0, 0.1) is 0 Å². The lowest BCUT2D eigenvalue weighted by atomic mass is 10.1. The summed E-state index contributed by atoms with van der Waals surface area (Å²) in [6.07, 6.45) is 1.56. The van der Waals surface area contributed by atoms with Gasteiger partial charge in [0.2, 0.25) is 0 Å². The van der Waals surface area contributed by atoms with Gasteiger partial charge in [0.25, 0.3) is 0 Å². The first kappa shape index (κ1) is 13.0. The zero-order valence-electron chi connectivity index (χ0n) is 10.0. The highest BCUT2D eigenvalue weighted by molar-refractivity contribution is 5.27. The Kier molecular flexibility index (Phi) is 5.29. The van der Waals surface area contributed by atoms with Crippen LogP contribution < -0.4 is 10.5 Å². The zero-order chi connectivity index (χ0) is 12.0. The molecule has 0 aliphatic carbocycles. The maximum absolute atomic E-state index is 9.07. The summed E-state index contributed by atoms with van der Waals surface area (Å²) in [5, 5.41) is 9.07. The average Bonchev–Trinajstić information content (AvgIpc) is 2.25. The summed E-state index contributed by atoms with van der Waals surface area (Å²) in [4.78, 5) is 0. The fraction of sp³-hybridized carbons (Fsp3) is 0.538. The Bertz CT molecular complexity index is 262. The number of rotatable bonds is 6. The molecule has 0 aromatic heterocycles. The second-order valence-electron chi connectivity index (χ2n) is 4.32. The highest BCUT2D eigenvalue weighted by Crippen LogP contribution is 2.13. The van der Waals surface area contributed by atoms with Gasteiger partial charge in [-0.15, -0.1) is 0 Å². The average molecular weight is 223 g/mol. The molecule has 3 N–H and O–H groups in total. The number of nitrogens with two attached hydrogens (primary N) is 1. The van der Waals surface area contributed by atoms with Gasteiger partial charge in [-0.05, 0) is 44.4 Å². The van der Waals surface area contributed by atoms with Crippen LogP contribution in [0.2, 0.25) is 0 Å². The van der Waals surface area contributed by atoms with E-state index in [1.54, 1.807) is 6.92 Å². The third-order valence-corrected chi connectivity index (χ3v) is 2.30. The number of hydrogen-bond donors (Lipinski definition) is 2. The van der Waals surface area contributed by atoms with Gasteiger partial charge in [-0.1, -0.05) is 12.1 Å². The molecule has 2 atom stereocenters. The van der Waals surface area contributed by atoms with Gasteiger partial charge in [-0.3, -0.25) is 0 Å². The Morgan fingerprint density at radius 3 is 2.38 bits per heavy atom. The van der Waals surface area contributed by atoms with Crippen LogP contribution in [0.1, 0.15) is 25.8 Å². The summed E-state index contributed by atoms with van der Waals surface area (Å²) in [7, 11) is 0. The van der Waals surface area contributed by atoms with Crippen molar-refractivity contribution in [2.24, 2.45) is 5.73 Å². The normalized spacial score (nSPS) is 14.5. The van der Waals surface area contributed by atoms with Crippen LogP contribution >= 0.6 is 0 Å². The van der Waals surface area contributed by atoms with Crippen molar-refractivity contribution in [3.05, 3.63) is 29.8 Å². The lowest BCUT2D eigenvalue weighted by Crippen LogP contribution is -2.15. The van der Waals surface area contributed by atoms with E-state index in [1.165, 1.54) is 5.56 Å². The largest absolute Gasteiger partial charge is 0.491 e. The molecule has 0 bridgehead atoms. The van der Waals surface area contributed by atoms with Gasteiger partial charge in [0.05, 0.1) is 6.10 Å². The third kappa shape index (κ3) is 5.14. The number of hydrogen-bond acceptors (Lipinski definition) is 3. The van der Waals surface area contributed by atoms with Crippen LogP contribution in [0.15, 0.2) is 24.3 Å². The number of benzene rings is 1. The topological polar surface area (TPSA) is 55.5 Å². The molecule has 3 heteroatoms. The molecule has 0 heterocycles. The van der Waals surface area contributed by atoms with Crippen LogP contribution in [0.4, 0.5) is 0 Å². The molecule has 2 unspecified atom stereocenters. The lowest BCUT2D eigenvalue weighted by molar-refractivity contribution is 0.122. The summed E-state index contributed by atoms with van der Waals surface area (Å²) in [5.74, 6) is 0.797. The molecule has 0 amide bonds. The van der Waals surface area contributed by atoms with Gasteiger partial charge in [0, 0.05) is 6.04 Å². The van der Waals surface area contributed by atoms with Crippen LogP contribution in [0.5, 0.6) is 5.75 Å². The Morgan fingerprint density at radius 2 is 1.88 bits per heavy atom. The molecule has 0 fully saturated rings. The predicted molar refractivity (Wildman–Crippen MR) is 65.6 cm³/mol. The molecular weight excluding hydrogens is 202 g/mol. The minimum absolute atomic E-state index is 0.242. The van der Waals surface area contributed by atoms with Gasteiger partial charge in [-0.2, -0.15) is 0 Å². The van der Waals surface area contributed by atoms with Crippen LogP contribution in [0.25, 0.3) is 0 Å². The number of aliphatic hydroxyl groups excluding tert-OH is 1. The van der Waals surface area contributed by atoms with Gasteiger partial charge >= 0.3 is 0 Å². The van der Waals surface area contributed by atoms with E-state index in [0.29, 0.717) is 6.61 Å². The van der Waals surface area contributed by atoms with E-state index in [4.69, 9.17) is 15.6 Å². The highest BCUT2D eigenvalue weighted by atomic mass is 16.5. The van der Waals surface area contributed by atoms with Crippen molar-refractivity contribution in [1.82, 2.24) is 0 Å². The van der Waals surface area contributed by atoms with Crippen molar-refractivity contribution in [2.75, 3.05) is 6.61 Å². The maximum atomic E-state index is 9.07. The molecule has 0 saturated carbocycles. The fourth-order valence-corrected chi connectivity index (χ4v) is 1.36. The number of ether oxygens (including phenoxy) is 1. The molecule has 0 radical (unpaired) electrons.